The highest BCUT2D eigenvalue weighted by atomic mass is 32.2. The molecule has 5 heteroatoms. The highest BCUT2D eigenvalue weighted by Crippen LogP contribution is 2.42. The zero-order chi connectivity index (χ0) is 29.3. The number of thioether (sulfide) groups is 1. The van der Waals surface area contributed by atoms with E-state index in [9.17, 15) is 9.18 Å². The monoisotopic (exact) mass is 594 g/mol. The van der Waals surface area contributed by atoms with Gasteiger partial charge in [-0.05, 0) is 107 Å². The van der Waals surface area contributed by atoms with Crippen LogP contribution >= 0.6 is 23.1 Å². The predicted molar refractivity (Wildman–Crippen MR) is 178 cm³/mol. The Kier molecular flexibility index (Phi) is 10.3. The summed E-state index contributed by atoms with van der Waals surface area (Å²) in [6.07, 6.45) is 13.1. The quantitative estimate of drug-likeness (QED) is 0.221. The smallest absolute Gasteiger partial charge is 0.302 e. The molecule has 2 aliphatic carbocycles. The molecular formula is C37H35FO2S2. The van der Waals surface area contributed by atoms with Crippen molar-refractivity contribution in [2.75, 3.05) is 12.4 Å². The minimum Gasteiger partial charge on any atom is -0.466 e. The maximum atomic E-state index is 13.2. The summed E-state index contributed by atoms with van der Waals surface area (Å²) in [7, 11) is 0. The average molecular weight is 595 g/mol. The number of carbonyl (C=O) groups is 1. The van der Waals surface area contributed by atoms with Crippen molar-refractivity contribution in [1.82, 2.24) is 0 Å². The maximum absolute atomic E-state index is 13.2. The Balaban J connectivity index is 0.000000247. The second-order valence-electron chi connectivity index (χ2n) is 10.2. The first kappa shape index (κ1) is 29.8. The van der Waals surface area contributed by atoms with Crippen molar-refractivity contribution in [3.8, 4) is 21.6 Å². The van der Waals surface area contributed by atoms with Gasteiger partial charge in [-0.2, -0.15) is 0 Å². The van der Waals surface area contributed by atoms with Crippen LogP contribution in [-0.2, 0) is 28.8 Å². The van der Waals surface area contributed by atoms with Crippen LogP contribution in [0.15, 0.2) is 96.4 Å². The number of thiophene rings is 1. The summed E-state index contributed by atoms with van der Waals surface area (Å²) in [5, 5.41) is 2.10. The minimum atomic E-state index is -0.211. The lowest BCUT2D eigenvalue weighted by Gasteiger charge is -2.26. The van der Waals surface area contributed by atoms with Gasteiger partial charge in [0.05, 0.1) is 6.61 Å². The van der Waals surface area contributed by atoms with Gasteiger partial charge in [-0.15, -0.1) is 23.1 Å². The summed E-state index contributed by atoms with van der Waals surface area (Å²) in [6.45, 7) is 3.65. The summed E-state index contributed by atoms with van der Waals surface area (Å²) in [5.74, 6) is 0.752. The van der Waals surface area contributed by atoms with Gasteiger partial charge in [0.15, 0.2) is 0 Å². The molecule has 0 amide bonds. The molecule has 0 bridgehead atoms. The first-order chi connectivity index (χ1) is 20.5. The van der Waals surface area contributed by atoms with Gasteiger partial charge in [-0.3, -0.25) is 4.79 Å². The summed E-state index contributed by atoms with van der Waals surface area (Å²) in [4.78, 5) is 12.3. The van der Waals surface area contributed by atoms with E-state index in [2.05, 4.69) is 76.9 Å². The topological polar surface area (TPSA) is 26.3 Å². The maximum Gasteiger partial charge on any atom is 0.302 e. The van der Waals surface area contributed by atoms with E-state index in [1.807, 2.05) is 30.0 Å². The fraction of sp³-hybridized carbons (Fsp3) is 0.216. The third kappa shape index (κ3) is 7.39. The third-order valence-corrected chi connectivity index (χ3v) is 9.35. The van der Waals surface area contributed by atoms with Crippen molar-refractivity contribution in [1.29, 1.82) is 0 Å². The molecule has 42 heavy (non-hydrogen) atoms. The lowest BCUT2D eigenvalue weighted by atomic mass is 9.78. The van der Waals surface area contributed by atoms with Crippen LogP contribution in [0.3, 0.4) is 0 Å². The van der Waals surface area contributed by atoms with Crippen molar-refractivity contribution < 1.29 is 13.9 Å². The zero-order valence-electron chi connectivity index (χ0n) is 24.1. The molecule has 0 atom stereocenters. The molecule has 0 unspecified atom stereocenters. The van der Waals surface area contributed by atoms with E-state index in [-0.39, 0.29) is 11.8 Å². The van der Waals surface area contributed by atoms with Gasteiger partial charge < -0.3 is 4.74 Å². The largest absolute Gasteiger partial charge is 0.466 e. The Morgan fingerprint density at radius 2 is 1.62 bits per heavy atom. The number of allylic oxidation sites excluding steroid dienone is 3. The summed E-state index contributed by atoms with van der Waals surface area (Å²) in [5.41, 5.74) is 11.3. The minimum absolute atomic E-state index is 0.187. The average Bonchev–Trinajstić information content (AvgIpc) is 3.53. The van der Waals surface area contributed by atoms with Gasteiger partial charge in [0, 0.05) is 22.4 Å². The molecule has 1 aromatic heterocycles. The molecule has 1 aliphatic heterocycles. The molecule has 7 rings (SSSR count). The van der Waals surface area contributed by atoms with Crippen LogP contribution in [0, 0.1) is 5.82 Å². The summed E-state index contributed by atoms with van der Waals surface area (Å²) >= 11 is 3.63. The van der Waals surface area contributed by atoms with E-state index in [1.165, 1.54) is 56.6 Å². The number of aryl methyl sites for hydroxylation is 1. The third-order valence-electron chi connectivity index (χ3n) is 7.41. The molecule has 0 fully saturated rings. The second-order valence-corrected chi connectivity index (χ2v) is 12.2. The number of carbonyl (C=O) groups excluding carboxylic acids is 1. The Morgan fingerprint density at radius 1 is 0.833 bits per heavy atom. The van der Waals surface area contributed by atoms with Gasteiger partial charge in [-0.25, -0.2) is 4.39 Å². The van der Waals surface area contributed by atoms with Crippen molar-refractivity contribution >= 4 is 40.7 Å². The van der Waals surface area contributed by atoms with Gasteiger partial charge in [0.1, 0.15) is 5.82 Å². The fourth-order valence-corrected chi connectivity index (χ4v) is 7.07. The molecule has 3 aliphatic rings. The number of halogens is 1. The van der Waals surface area contributed by atoms with Gasteiger partial charge >= 0.3 is 5.97 Å². The first-order valence-electron chi connectivity index (χ1n) is 14.4. The standard InChI is InChI=1S/C28H21FS.C5H6S.C4H8O2/c29-22-10-5-19(6-11-22)27-15-16-28(30-27)21-9-12-24-20(17-21)8-14-25-23-4-2-1-3-18(23)7-13-26(24)25;1-2-4-6-5-3-1;1-3-6-4(2)5/h1-6,8,10-11,14-17H,7,9,12-13H2;1-4H,5H2;3H2,1-2H3. The predicted octanol–water partition coefficient (Wildman–Crippen LogP) is 10.2. The number of hydrogen-bond acceptors (Lipinski definition) is 4. The normalized spacial score (nSPS) is 14.1. The molecule has 2 heterocycles. The number of esters is 1. The highest BCUT2D eigenvalue weighted by Gasteiger charge is 2.22. The lowest BCUT2D eigenvalue weighted by molar-refractivity contribution is -0.140. The number of rotatable bonds is 3. The van der Waals surface area contributed by atoms with Crippen LogP contribution in [0.5, 0.6) is 0 Å². The molecular weight excluding hydrogens is 560 g/mol. The van der Waals surface area contributed by atoms with Gasteiger partial charge in [-0.1, -0.05) is 72.8 Å². The van der Waals surface area contributed by atoms with Crippen molar-refractivity contribution in [3.05, 3.63) is 129 Å². The van der Waals surface area contributed by atoms with Crippen molar-refractivity contribution in [3.63, 3.8) is 0 Å². The molecule has 0 saturated heterocycles. The van der Waals surface area contributed by atoms with Crippen LogP contribution in [-0.4, -0.2) is 18.3 Å². The molecule has 3 aromatic carbocycles. The first-order valence-corrected chi connectivity index (χ1v) is 16.3. The van der Waals surface area contributed by atoms with E-state index in [0.717, 1.165) is 37.0 Å². The van der Waals surface area contributed by atoms with Crippen LogP contribution in [0.25, 0.3) is 33.2 Å². The van der Waals surface area contributed by atoms with Gasteiger partial charge in [0.25, 0.3) is 0 Å². The Hall–Kier alpha value is -3.67. The molecule has 0 radical (unpaired) electrons. The number of benzene rings is 3. The van der Waals surface area contributed by atoms with E-state index in [4.69, 9.17) is 0 Å². The van der Waals surface area contributed by atoms with E-state index in [0.29, 0.717) is 6.61 Å². The van der Waals surface area contributed by atoms with Crippen LogP contribution in [0.4, 0.5) is 4.39 Å². The van der Waals surface area contributed by atoms with Crippen molar-refractivity contribution in [2.45, 2.75) is 39.5 Å². The van der Waals surface area contributed by atoms with Crippen LogP contribution in [0.1, 0.15) is 47.4 Å². The zero-order valence-corrected chi connectivity index (χ0v) is 25.7. The van der Waals surface area contributed by atoms with E-state index >= 15 is 0 Å². The highest BCUT2D eigenvalue weighted by molar-refractivity contribution is 8.02. The number of ether oxygens (including phenoxy) is 1. The SMILES string of the molecule is C1=CCSC=C1.CCOC(C)=O.Fc1ccc(-c2ccc(C3=Cc4ccc5c(c4CC3)CCc3ccccc3-5)s2)cc1. The Morgan fingerprint density at radius 3 is 2.29 bits per heavy atom. The summed E-state index contributed by atoms with van der Waals surface area (Å²) in [6, 6.07) is 24.6. The summed E-state index contributed by atoms with van der Waals surface area (Å²) < 4.78 is 17.6. The lowest BCUT2D eigenvalue weighted by Crippen LogP contribution is -2.10. The molecule has 0 saturated carbocycles. The molecule has 0 N–H and O–H groups in total. The Labute approximate surface area is 256 Å². The second kappa shape index (κ2) is 14.5. The van der Waals surface area contributed by atoms with Gasteiger partial charge in [0.2, 0.25) is 0 Å². The van der Waals surface area contributed by atoms with E-state index in [1.54, 1.807) is 29.4 Å². The molecule has 214 valence electrons. The fourth-order valence-electron chi connectivity index (χ4n) is 5.48. The van der Waals surface area contributed by atoms with Crippen LogP contribution in [0.2, 0.25) is 0 Å². The molecule has 0 spiro atoms. The van der Waals surface area contributed by atoms with Crippen molar-refractivity contribution in [2.24, 2.45) is 0 Å². The number of hydrogen-bond donors (Lipinski definition) is 0. The Bertz CT molecular complexity index is 1610. The van der Waals surface area contributed by atoms with E-state index < -0.39 is 0 Å². The molecule has 4 aromatic rings. The number of fused-ring (bicyclic) bond motifs is 5. The van der Waals surface area contributed by atoms with Crippen LogP contribution < -0.4 is 0 Å². The molecule has 2 nitrogen and oxygen atoms in total.